The van der Waals surface area contributed by atoms with Gasteiger partial charge in [0.1, 0.15) is 11.5 Å². The van der Waals surface area contributed by atoms with Crippen LogP contribution in [0.1, 0.15) is 44.2 Å². The Morgan fingerprint density at radius 2 is 1.44 bits per heavy atom. The minimum absolute atomic E-state index is 0.0395. The van der Waals surface area contributed by atoms with Crippen molar-refractivity contribution in [3.8, 4) is 11.5 Å². The SMILES string of the molecule is COc1ccc(CC(=O)N2CCCN(C(=O)C(C)Oc3ccc(C(C)C)cc3)CC2)cc1. The van der Waals surface area contributed by atoms with Gasteiger partial charge in [0, 0.05) is 26.2 Å². The van der Waals surface area contributed by atoms with E-state index >= 15 is 0 Å². The molecule has 2 aromatic carbocycles. The van der Waals surface area contributed by atoms with E-state index in [0.717, 1.165) is 17.7 Å². The molecule has 1 atom stereocenters. The molecule has 6 nitrogen and oxygen atoms in total. The van der Waals surface area contributed by atoms with E-state index < -0.39 is 6.10 Å². The number of methoxy groups -OCH3 is 1. The fourth-order valence-electron chi connectivity index (χ4n) is 3.86. The number of hydrogen-bond acceptors (Lipinski definition) is 4. The first-order valence-corrected chi connectivity index (χ1v) is 11.3. The van der Waals surface area contributed by atoms with Crippen LogP contribution in [0.15, 0.2) is 48.5 Å². The lowest BCUT2D eigenvalue weighted by Gasteiger charge is -2.25. The quantitative estimate of drug-likeness (QED) is 0.658. The Kier molecular flexibility index (Phi) is 8.14. The van der Waals surface area contributed by atoms with E-state index in [9.17, 15) is 9.59 Å². The zero-order valence-electron chi connectivity index (χ0n) is 19.5. The molecular formula is C26H34N2O4. The second-order valence-corrected chi connectivity index (χ2v) is 8.57. The molecule has 172 valence electrons. The van der Waals surface area contributed by atoms with Crippen LogP contribution < -0.4 is 9.47 Å². The first kappa shape index (κ1) is 23.6. The molecule has 1 aliphatic heterocycles. The minimum Gasteiger partial charge on any atom is -0.497 e. The molecule has 1 unspecified atom stereocenters. The molecule has 0 spiro atoms. The summed E-state index contributed by atoms with van der Waals surface area (Å²) >= 11 is 0. The Morgan fingerprint density at radius 1 is 0.844 bits per heavy atom. The predicted molar refractivity (Wildman–Crippen MR) is 125 cm³/mol. The maximum atomic E-state index is 12.9. The number of nitrogens with zero attached hydrogens (tertiary/aromatic N) is 2. The normalized spacial score (nSPS) is 15.3. The second kappa shape index (κ2) is 11.0. The minimum atomic E-state index is -0.568. The maximum Gasteiger partial charge on any atom is 0.263 e. The lowest BCUT2D eigenvalue weighted by Crippen LogP contribution is -2.43. The largest absolute Gasteiger partial charge is 0.497 e. The van der Waals surface area contributed by atoms with Crippen LogP contribution in [0.2, 0.25) is 0 Å². The van der Waals surface area contributed by atoms with Crippen molar-refractivity contribution in [2.24, 2.45) is 0 Å². The molecule has 0 radical (unpaired) electrons. The Morgan fingerprint density at radius 3 is 2.06 bits per heavy atom. The molecule has 2 aromatic rings. The lowest BCUT2D eigenvalue weighted by atomic mass is 10.0. The molecule has 0 aliphatic carbocycles. The molecule has 2 amide bonds. The Labute approximate surface area is 191 Å². The first-order chi connectivity index (χ1) is 15.4. The molecular weight excluding hydrogens is 404 g/mol. The van der Waals surface area contributed by atoms with Gasteiger partial charge >= 0.3 is 0 Å². The smallest absolute Gasteiger partial charge is 0.263 e. The summed E-state index contributed by atoms with van der Waals surface area (Å²) in [6, 6.07) is 15.5. The summed E-state index contributed by atoms with van der Waals surface area (Å²) in [7, 11) is 1.62. The molecule has 0 bridgehead atoms. The molecule has 0 N–H and O–H groups in total. The average Bonchev–Trinajstić information content (AvgIpc) is 3.06. The Balaban J connectivity index is 1.51. The number of ether oxygens (including phenoxy) is 2. The molecule has 32 heavy (non-hydrogen) atoms. The zero-order chi connectivity index (χ0) is 23.1. The summed E-state index contributed by atoms with van der Waals surface area (Å²) in [6.45, 7) is 8.43. The first-order valence-electron chi connectivity index (χ1n) is 11.3. The van der Waals surface area contributed by atoms with E-state index in [0.29, 0.717) is 44.3 Å². The van der Waals surface area contributed by atoms with E-state index in [-0.39, 0.29) is 11.8 Å². The highest BCUT2D eigenvalue weighted by atomic mass is 16.5. The van der Waals surface area contributed by atoms with Crippen LogP contribution in [0.4, 0.5) is 0 Å². The molecule has 1 fully saturated rings. The molecule has 1 aliphatic rings. The van der Waals surface area contributed by atoms with Gasteiger partial charge in [0.15, 0.2) is 6.10 Å². The predicted octanol–water partition coefficient (Wildman–Crippen LogP) is 3.89. The van der Waals surface area contributed by atoms with Crippen molar-refractivity contribution in [2.45, 2.75) is 45.6 Å². The van der Waals surface area contributed by atoms with Crippen LogP contribution in [-0.2, 0) is 16.0 Å². The highest BCUT2D eigenvalue weighted by Gasteiger charge is 2.26. The summed E-state index contributed by atoms with van der Waals surface area (Å²) < 4.78 is 11.1. The molecule has 0 aromatic heterocycles. The van der Waals surface area contributed by atoms with Crippen LogP contribution in [-0.4, -0.2) is 61.0 Å². The van der Waals surface area contributed by atoms with Gasteiger partial charge in [-0.25, -0.2) is 0 Å². The molecule has 6 heteroatoms. The number of benzene rings is 2. The Hall–Kier alpha value is -3.02. The number of rotatable bonds is 7. The standard InChI is InChI=1S/C26H34N2O4/c1-19(2)22-8-12-24(13-9-22)32-20(3)26(30)28-15-5-14-27(16-17-28)25(29)18-21-6-10-23(31-4)11-7-21/h6-13,19-20H,5,14-18H2,1-4H3. The summed E-state index contributed by atoms with van der Waals surface area (Å²) in [5.41, 5.74) is 2.20. The van der Waals surface area contributed by atoms with Gasteiger partial charge in [-0.1, -0.05) is 38.1 Å². The number of amides is 2. The van der Waals surface area contributed by atoms with Crippen molar-refractivity contribution in [2.75, 3.05) is 33.3 Å². The highest BCUT2D eigenvalue weighted by molar-refractivity contribution is 5.81. The van der Waals surface area contributed by atoms with Crippen LogP contribution in [0.3, 0.4) is 0 Å². The van der Waals surface area contributed by atoms with Crippen molar-refractivity contribution in [3.63, 3.8) is 0 Å². The maximum absolute atomic E-state index is 12.9. The number of carbonyl (C=O) groups excluding carboxylic acids is 2. The topological polar surface area (TPSA) is 59.1 Å². The van der Waals surface area contributed by atoms with Gasteiger partial charge in [-0.05, 0) is 54.7 Å². The van der Waals surface area contributed by atoms with Crippen molar-refractivity contribution in [1.82, 2.24) is 9.80 Å². The molecule has 1 heterocycles. The van der Waals surface area contributed by atoms with Crippen molar-refractivity contribution >= 4 is 11.8 Å². The third kappa shape index (κ3) is 6.25. The Bertz CT molecular complexity index is 893. The van der Waals surface area contributed by atoms with Gasteiger partial charge in [-0.15, -0.1) is 0 Å². The van der Waals surface area contributed by atoms with Crippen molar-refractivity contribution in [1.29, 1.82) is 0 Å². The van der Waals surface area contributed by atoms with Gasteiger partial charge < -0.3 is 19.3 Å². The number of carbonyl (C=O) groups is 2. The van der Waals surface area contributed by atoms with Gasteiger partial charge in [0.25, 0.3) is 5.91 Å². The van der Waals surface area contributed by atoms with Gasteiger partial charge in [-0.2, -0.15) is 0 Å². The fraction of sp³-hybridized carbons (Fsp3) is 0.462. The van der Waals surface area contributed by atoms with Crippen LogP contribution in [0, 0.1) is 0 Å². The van der Waals surface area contributed by atoms with Gasteiger partial charge in [0.2, 0.25) is 5.91 Å². The van der Waals surface area contributed by atoms with E-state index in [2.05, 4.69) is 13.8 Å². The van der Waals surface area contributed by atoms with Crippen LogP contribution in [0.25, 0.3) is 0 Å². The lowest BCUT2D eigenvalue weighted by molar-refractivity contribution is -0.138. The van der Waals surface area contributed by atoms with Crippen molar-refractivity contribution in [3.05, 3.63) is 59.7 Å². The van der Waals surface area contributed by atoms with E-state index in [1.165, 1.54) is 5.56 Å². The van der Waals surface area contributed by atoms with E-state index in [1.807, 2.05) is 58.3 Å². The summed E-state index contributed by atoms with van der Waals surface area (Å²) in [5, 5.41) is 0. The summed E-state index contributed by atoms with van der Waals surface area (Å²) in [4.78, 5) is 29.4. The third-order valence-corrected chi connectivity index (χ3v) is 5.88. The number of hydrogen-bond donors (Lipinski definition) is 0. The van der Waals surface area contributed by atoms with Crippen LogP contribution >= 0.6 is 0 Å². The third-order valence-electron chi connectivity index (χ3n) is 5.88. The zero-order valence-corrected chi connectivity index (χ0v) is 19.5. The molecule has 1 saturated heterocycles. The van der Waals surface area contributed by atoms with Gasteiger partial charge in [-0.3, -0.25) is 9.59 Å². The monoisotopic (exact) mass is 438 g/mol. The van der Waals surface area contributed by atoms with Crippen molar-refractivity contribution < 1.29 is 19.1 Å². The van der Waals surface area contributed by atoms with Gasteiger partial charge in [0.05, 0.1) is 13.5 Å². The van der Waals surface area contributed by atoms with E-state index in [4.69, 9.17) is 9.47 Å². The van der Waals surface area contributed by atoms with E-state index in [1.54, 1.807) is 14.0 Å². The average molecular weight is 439 g/mol. The fourth-order valence-corrected chi connectivity index (χ4v) is 3.86. The second-order valence-electron chi connectivity index (χ2n) is 8.57. The molecule has 3 rings (SSSR count). The summed E-state index contributed by atoms with van der Waals surface area (Å²) in [5.74, 6) is 1.97. The highest BCUT2D eigenvalue weighted by Crippen LogP contribution is 2.20. The van der Waals surface area contributed by atoms with Crippen LogP contribution in [0.5, 0.6) is 11.5 Å². The molecule has 0 saturated carbocycles. The summed E-state index contributed by atoms with van der Waals surface area (Å²) in [6.07, 6.45) is 0.543.